The Morgan fingerprint density at radius 3 is 2.20 bits per heavy atom. The van der Waals surface area contributed by atoms with Crippen molar-refractivity contribution in [3.05, 3.63) is 99.4 Å². The molecule has 0 aliphatic heterocycles. The first kappa shape index (κ1) is 27.4. The van der Waals surface area contributed by atoms with Crippen LogP contribution in [0.3, 0.4) is 0 Å². The minimum Gasteiger partial charge on any atom is -0.462 e. The highest BCUT2D eigenvalue weighted by molar-refractivity contribution is 5.96. The van der Waals surface area contributed by atoms with Crippen LogP contribution in [-0.4, -0.2) is 17.5 Å². The monoisotopic (exact) mass is 477 g/mol. The molecule has 0 bridgehead atoms. The topological polar surface area (TPSA) is 118 Å². The quantitative estimate of drug-likeness (QED) is 0.312. The Bertz CT molecular complexity index is 1180. The summed E-state index contributed by atoms with van der Waals surface area (Å²) in [7, 11) is 0. The Balaban J connectivity index is 0.00000210. The Morgan fingerprint density at radius 2 is 1.63 bits per heavy atom. The molecule has 0 atom stereocenters. The van der Waals surface area contributed by atoms with Crippen LogP contribution in [-0.2, 0) is 13.1 Å². The van der Waals surface area contributed by atoms with Crippen LogP contribution in [0.15, 0.2) is 75.7 Å². The molecule has 0 saturated heterocycles. The smallest absolute Gasteiger partial charge is 0.188 e. The standard InChI is InChI=1S/C26H29N3O4.C2H6/c1-3-24(31)20-6-4-18(5-7-20)19-8-10-22(11-9-19)29-15-26-17(2)25(32)12-23(33-26)14-28-13-21(27)16-30;1-2/h4-13,28-30H,3,14-16,27H2,1-2H3;1-2H3/b21-13-;. The van der Waals surface area contributed by atoms with Gasteiger partial charge in [-0.25, -0.2) is 0 Å². The fourth-order valence-corrected chi connectivity index (χ4v) is 3.26. The normalized spacial score (nSPS) is 10.8. The lowest BCUT2D eigenvalue weighted by atomic mass is 10.0. The SMILES string of the molecule is CC.CCC(=O)c1ccc(-c2ccc(NCc3oc(CN/C=C(\N)CO)cc(=O)c3C)cc2)cc1. The zero-order chi connectivity index (χ0) is 25.8. The molecule has 3 rings (SSSR count). The fraction of sp³-hybridized carbons (Fsp3) is 0.286. The van der Waals surface area contributed by atoms with Crippen LogP contribution in [0.25, 0.3) is 11.1 Å². The first-order valence-electron chi connectivity index (χ1n) is 11.8. The molecule has 2 aromatic carbocycles. The molecule has 7 nitrogen and oxygen atoms in total. The molecule has 0 radical (unpaired) electrons. The molecule has 186 valence electrons. The van der Waals surface area contributed by atoms with Crippen LogP contribution in [0.4, 0.5) is 5.69 Å². The van der Waals surface area contributed by atoms with Crippen LogP contribution in [0.5, 0.6) is 0 Å². The summed E-state index contributed by atoms with van der Waals surface area (Å²) in [5.74, 6) is 1.16. The third kappa shape index (κ3) is 7.86. The van der Waals surface area contributed by atoms with Gasteiger partial charge < -0.3 is 25.9 Å². The number of aliphatic hydroxyl groups excluding tert-OH is 1. The minimum atomic E-state index is -0.247. The summed E-state index contributed by atoms with van der Waals surface area (Å²) in [4.78, 5) is 24.1. The highest BCUT2D eigenvalue weighted by Gasteiger charge is 2.09. The second-order valence-electron chi connectivity index (χ2n) is 7.67. The fourth-order valence-electron chi connectivity index (χ4n) is 3.26. The van der Waals surface area contributed by atoms with Gasteiger partial charge in [0.25, 0.3) is 0 Å². The number of Topliss-reactive ketones (excluding diaryl/α,β-unsaturated/α-hetero) is 1. The van der Waals surface area contributed by atoms with Crippen molar-refractivity contribution in [3.63, 3.8) is 0 Å². The van der Waals surface area contributed by atoms with Crippen molar-refractivity contribution in [1.29, 1.82) is 0 Å². The van der Waals surface area contributed by atoms with Crippen molar-refractivity contribution in [1.82, 2.24) is 5.32 Å². The maximum absolute atomic E-state index is 12.3. The number of anilines is 1. The van der Waals surface area contributed by atoms with E-state index < -0.39 is 0 Å². The molecule has 0 aliphatic carbocycles. The number of nitrogens with two attached hydrogens (primary N) is 1. The van der Waals surface area contributed by atoms with Crippen molar-refractivity contribution in [2.75, 3.05) is 11.9 Å². The number of aliphatic hydroxyl groups is 1. The molecule has 35 heavy (non-hydrogen) atoms. The molecule has 1 heterocycles. The molecule has 0 fully saturated rings. The summed E-state index contributed by atoms with van der Waals surface area (Å²) in [6, 6.07) is 17.0. The maximum Gasteiger partial charge on any atom is 0.188 e. The van der Waals surface area contributed by atoms with Crippen LogP contribution >= 0.6 is 0 Å². The van der Waals surface area contributed by atoms with Gasteiger partial charge in [-0.05, 0) is 30.2 Å². The number of nitrogens with one attached hydrogen (secondary N) is 2. The van der Waals surface area contributed by atoms with Gasteiger partial charge in [-0.2, -0.15) is 0 Å². The number of benzene rings is 2. The van der Waals surface area contributed by atoms with E-state index in [-0.39, 0.29) is 24.4 Å². The van der Waals surface area contributed by atoms with Crippen molar-refractivity contribution in [3.8, 4) is 11.1 Å². The van der Waals surface area contributed by atoms with Gasteiger partial charge in [-0.15, -0.1) is 0 Å². The third-order valence-corrected chi connectivity index (χ3v) is 5.28. The lowest BCUT2D eigenvalue weighted by Crippen LogP contribution is -2.16. The van der Waals surface area contributed by atoms with Crippen LogP contribution in [0.2, 0.25) is 0 Å². The Hall–Kier alpha value is -3.84. The highest BCUT2D eigenvalue weighted by atomic mass is 16.3. The van der Waals surface area contributed by atoms with Gasteiger partial charge in [-0.1, -0.05) is 57.2 Å². The maximum atomic E-state index is 12.3. The Morgan fingerprint density at radius 1 is 1.03 bits per heavy atom. The molecule has 0 unspecified atom stereocenters. The van der Waals surface area contributed by atoms with E-state index in [1.807, 2.05) is 69.3 Å². The summed E-state index contributed by atoms with van der Waals surface area (Å²) in [5, 5.41) is 15.1. The van der Waals surface area contributed by atoms with E-state index in [1.54, 1.807) is 6.92 Å². The second-order valence-corrected chi connectivity index (χ2v) is 7.67. The van der Waals surface area contributed by atoms with E-state index >= 15 is 0 Å². The molecular formula is C28H35N3O4. The summed E-state index contributed by atoms with van der Waals surface area (Å²) >= 11 is 0. The largest absolute Gasteiger partial charge is 0.462 e. The number of hydrogen-bond donors (Lipinski definition) is 4. The van der Waals surface area contributed by atoms with E-state index in [0.29, 0.717) is 35.7 Å². The number of hydrogen-bond acceptors (Lipinski definition) is 7. The van der Waals surface area contributed by atoms with Crippen molar-refractivity contribution >= 4 is 11.5 Å². The predicted octanol–water partition coefficient (Wildman–Crippen LogP) is 4.73. The van der Waals surface area contributed by atoms with Gasteiger partial charge in [0.05, 0.1) is 19.7 Å². The molecule has 0 amide bonds. The zero-order valence-corrected chi connectivity index (χ0v) is 20.9. The first-order chi connectivity index (χ1) is 16.9. The van der Waals surface area contributed by atoms with Crippen LogP contribution in [0.1, 0.15) is 54.6 Å². The molecule has 0 aliphatic rings. The van der Waals surface area contributed by atoms with E-state index in [9.17, 15) is 9.59 Å². The molecule has 3 aromatic rings. The molecular weight excluding hydrogens is 442 g/mol. The highest BCUT2D eigenvalue weighted by Crippen LogP contribution is 2.23. The van der Waals surface area contributed by atoms with E-state index in [4.69, 9.17) is 15.3 Å². The lowest BCUT2D eigenvalue weighted by Gasteiger charge is -2.11. The molecule has 1 aromatic heterocycles. The van der Waals surface area contributed by atoms with Gasteiger partial charge >= 0.3 is 0 Å². The van der Waals surface area contributed by atoms with Gasteiger partial charge in [-0.3, -0.25) is 9.59 Å². The van der Waals surface area contributed by atoms with E-state index in [0.717, 1.165) is 22.4 Å². The lowest BCUT2D eigenvalue weighted by molar-refractivity contribution is 0.0988. The first-order valence-corrected chi connectivity index (χ1v) is 11.8. The van der Waals surface area contributed by atoms with Crippen molar-refractivity contribution in [2.45, 2.75) is 47.2 Å². The summed E-state index contributed by atoms with van der Waals surface area (Å²) in [5.41, 5.74) is 9.97. The number of ketones is 1. The molecule has 0 saturated carbocycles. The van der Waals surface area contributed by atoms with Gasteiger partial charge in [0.1, 0.15) is 11.5 Å². The van der Waals surface area contributed by atoms with Gasteiger partial charge in [0.2, 0.25) is 0 Å². The van der Waals surface area contributed by atoms with E-state index in [1.165, 1.54) is 12.3 Å². The number of carbonyl (C=O) groups excluding carboxylic acids is 1. The van der Waals surface area contributed by atoms with Gasteiger partial charge in [0.15, 0.2) is 11.2 Å². The van der Waals surface area contributed by atoms with Crippen LogP contribution in [0, 0.1) is 6.92 Å². The summed E-state index contributed by atoms with van der Waals surface area (Å²) < 4.78 is 5.87. The predicted molar refractivity (Wildman–Crippen MR) is 141 cm³/mol. The van der Waals surface area contributed by atoms with Crippen molar-refractivity contribution in [2.24, 2.45) is 5.73 Å². The molecule has 7 heteroatoms. The number of carbonyl (C=O) groups is 1. The van der Waals surface area contributed by atoms with Crippen molar-refractivity contribution < 1.29 is 14.3 Å². The Kier molecular flexibility index (Phi) is 10.8. The average molecular weight is 478 g/mol. The minimum absolute atomic E-state index is 0.102. The average Bonchev–Trinajstić information content (AvgIpc) is 2.90. The summed E-state index contributed by atoms with van der Waals surface area (Å²) in [6.45, 7) is 7.98. The van der Waals surface area contributed by atoms with Crippen LogP contribution < -0.4 is 21.8 Å². The molecule has 5 N–H and O–H groups in total. The van der Waals surface area contributed by atoms with E-state index in [2.05, 4.69) is 10.6 Å². The Labute approximate surface area is 206 Å². The molecule has 0 spiro atoms. The third-order valence-electron chi connectivity index (χ3n) is 5.28. The number of rotatable bonds is 10. The second kappa shape index (κ2) is 13.8. The zero-order valence-electron chi connectivity index (χ0n) is 20.9. The van der Waals surface area contributed by atoms with Gasteiger partial charge in [0, 0.05) is 41.2 Å². The summed E-state index contributed by atoms with van der Waals surface area (Å²) in [6.07, 6.45) is 1.97.